The number of nitrogens with two attached hydrogens (primary N) is 2. The van der Waals surface area contributed by atoms with Gasteiger partial charge in [0.1, 0.15) is 6.04 Å². The SMILES string of the molecule is CC(=O)[C@H](CCN)NC(=O)[C@@H](NC(=O)C(CCN)c1ccccc1Cl)C(C)O. The quantitative estimate of drug-likeness (QED) is 0.347. The number of carbonyl (C=O) groups is 3. The average molecular weight is 413 g/mol. The summed E-state index contributed by atoms with van der Waals surface area (Å²) in [6.07, 6.45) is -0.608. The summed E-state index contributed by atoms with van der Waals surface area (Å²) in [5.74, 6) is -2.09. The van der Waals surface area contributed by atoms with Gasteiger partial charge in [-0.05, 0) is 51.4 Å². The fourth-order valence-electron chi connectivity index (χ4n) is 2.82. The van der Waals surface area contributed by atoms with Gasteiger partial charge in [0.05, 0.1) is 18.1 Å². The first-order chi connectivity index (χ1) is 13.2. The molecule has 9 heteroatoms. The summed E-state index contributed by atoms with van der Waals surface area (Å²) in [7, 11) is 0. The molecule has 0 aliphatic heterocycles. The maximum Gasteiger partial charge on any atom is 0.245 e. The van der Waals surface area contributed by atoms with Gasteiger partial charge < -0.3 is 27.2 Å². The van der Waals surface area contributed by atoms with Crippen LogP contribution in [-0.2, 0) is 14.4 Å². The van der Waals surface area contributed by atoms with Crippen molar-refractivity contribution in [3.63, 3.8) is 0 Å². The van der Waals surface area contributed by atoms with Gasteiger partial charge in [-0.25, -0.2) is 0 Å². The Morgan fingerprint density at radius 3 is 2.18 bits per heavy atom. The zero-order valence-electron chi connectivity index (χ0n) is 16.2. The summed E-state index contributed by atoms with van der Waals surface area (Å²) < 4.78 is 0. The molecule has 0 aliphatic rings. The molecule has 1 rings (SSSR count). The number of nitrogens with one attached hydrogen (secondary N) is 2. The van der Waals surface area contributed by atoms with Gasteiger partial charge in [-0.1, -0.05) is 29.8 Å². The van der Waals surface area contributed by atoms with E-state index in [9.17, 15) is 19.5 Å². The highest BCUT2D eigenvalue weighted by atomic mass is 35.5. The number of aliphatic hydroxyl groups excluding tert-OH is 1. The largest absolute Gasteiger partial charge is 0.391 e. The fraction of sp³-hybridized carbons (Fsp3) is 0.526. The molecular formula is C19H29ClN4O4. The third-order valence-electron chi connectivity index (χ3n) is 4.38. The Kier molecular flexibility index (Phi) is 10.1. The first-order valence-electron chi connectivity index (χ1n) is 9.16. The van der Waals surface area contributed by atoms with Crippen LogP contribution in [0.5, 0.6) is 0 Å². The number of rotatable bonds is 11. The maximum absolute atomic E-state index is 12.8. The zero-order valence-corrected chi connectivity index (χ0v) is 16.9. The summed E-state index contributed by atoms with van der Waals surface area (Å²) >= 11 is 6.20. The second-order valence-electron chi connectivity index (χ2n) is 6.63. The molecule has 8 nitrogen and oxygen atoms in total. The van der Waals surface area contributed by atoms with Gasteiger partial charge in [0.15, 0.2) is 5.78 Å². The third-order valence-corrected chi connectivity index (χ3v) is 4.72. The number of halogens is 1. The fourth-order valence-corrected chi connectivity index (χ4v) is 3.08. The lowest BCUT2D eigenvalue weighted by Gasteiger charge is -2.26. The van der Waals surface area contributed by atoms with Crippen molar-refractivity contribution in [2.75, 3.05) is 13.1 Å². The van der Waals surface area contributed by atoms with Crippen LogP contribution in [0.4, 0.5) is 0 Å². The van der Waals surface area contributed by atoms with Gasteiger partial charge in [0, 0.05) is 5.02 Å². The Morgan fingerprint density at radius 1 is 1.07 bits per heavy atom. The molecule has 0 saturated heterocycles. The van der Waals surface area contributed by atoms with E-state index in [0.717, 1.165) is 0 Å². The van der Waals surface area contributed by atoms with Crippen molar-refractivity contribution in [3.05, 3.63) is 34.9 Å². The van der Waals surface area contributed by atoms with Crippen molar-refractivity contribution in [1.29, 1.82) is 0 Å². The lowest BCUT2D eigenvalue weighted by molar-refractivity contribution is -0.134. The van der Waals surface area contributed by atoms with Crippen LogP contribution in [0.3, 0.4) is 0 Å². The van der Waals surface area contributed by atoms with E-state index >= 15 is 0 Å². The summed E-state index contributed by atoms with van der Waals surface area (Å²) in [5.41, 5.74) is 11.7. The Labute approximate surface area is 170 Å². The lowest BCUT2D eigenvalue weighted by atomic mass is 9.94. The molecule has 2 amide bonds. The number of benzene rings is 1. The standard InChI is InChI=1S/C19H29ClN4O4/c1-11(25)16(8-10-22)23-19(28)17(12(2)26)24-18(27)14(7-9-21)13-5-3-4-6-15(13)20/h3-6,12,14,16-17,26H,7-10,21-22H2,1-2H3,(H,23,28)(H,24,27)/t12?,14?,16-,17-/m0/s1. The van der Waals surface area contributed by atoms with Crippen molar-refractivity contribution < 1.29 is 19.5 Å². The predicted octanol–water partition coefficient (Wildman–Crippen LogP) is 0.0606. The smallest absolute Gasteiger partial charge is 0.245 e. The Morgan fingerprint density at radius 2 is 1.68 bits per heavy atom. The number of hydrogen-bond acceptors (Lipinski definition) is 6. The molecule has 1 aromatic carbocycles. The molecular weight excluding hydrogens is 384 g/mol. The zero-order chi connectivity index (χ0) is 21.3. The first kappa shape index (κ1) is 24.0. The molecule has 156 valence electrons. The van der Waals surface area contributed by atoms with Crippen LogP contribution < -0.4 is 22.1 Å². The Balaban J connectivity index is 2.99. The molecule has 28 heavy (non-hydrogen) atoms. The molecule has 0 saturated carbocycles. The molecule has 7 N–H and O–H groups in total. The van der Waals surface area contributed by atoms with Crippen molar-refractivity contribution in [2.24, 2.45) is 11.5 Å². The summed E-state index contributed by atoms with van der Waals surface area (Å²) in [6.45, 7) is 3.16. The van der Waals surface area contributed by atoms with Gasteiger partial charge in [0.2, 0.25) is 11.8 Å². The molecule has 0 bridgehead atoms. The minimum atomic E-state index is -1.24. The van der Waals surface area contributed by atoms with Crippen LogP contribution in [0.1, 0.15) is 38.2 Å². The number of ketones is 1. The van der Waals surface area contributed by atoms with Gasteiger partial charge in [0.25, 0.3) is 0 Å². The number of aliphatic hydroxyl groups is 1. The lowest BCUT2D eigenvalue weighted by Crippen LogP contribution is -2.56. The molecule has 0 aromatic heterocycles. The monoisotopic (exact) mass is 412 g/mol. The number of Topliss-reactive ketones (excluding diaryl/α,β-unsaturated/α-hetero) is 1. The number of carbonyl (C=O) groups excluding carboxylic acids is 3. The highest BCUT2D eigenvalue weighted by molar-refractivity contribution is 6.31. The molecule has 0 aliphatic carbocycles. The highest BCUT2D eigenvalue weighted by Crippen LogP contribution is 2.27. The second-order valence-corrected chi connectivity index (χ2v) is 7.03. The highest BCUT2D eigenvalue weighted by Gasteiger charge is 2.31. The van der Waals surface area contributed by atoms with E-state index in [0.29, 0.717) is 17.0 Å². The van der Waals surface area contributed by atoms with Gasteiger partial charge in [-0.2, -0.15) is 0 Å². The molecule has 0 radical (unpaired) electrons. The second kappa shape index (κ2) is 11.8. The molecule has 0 spiro atoms. The van der Waals surface area contributed by atoms with Crippen LogP contribution in [0, 0.1) is 0 Å². The van der Waals surface area contributed by atoms with Crippen LogP contribution in [0.2, 0.25) is 5.02 Å². The summed E-state index contributed by atoms with van der Waals surface area (Å²) in [4.78, 5) is 37.1. The Hall–Kier alpha value is -2.00. The molecule has 2 unspecified atom stereocenters. The van der Waals surface area contributed by atoms with Crippen molar-refractivity contribution in [2.45, 2.75) is 50.8 Å². The maximum atomic E-state index is 12.8. The van der Waals surface area contributed by atoms with Gasteiger partial charge >= 0.3 is 0 Å². The summed E-state index contributed by atoms with van der Waals surface area (Å²) in [5, 5.41) is 15.5. The van der Waals surface area contributed by atoms with E-state index in [4.69, 9.17) is 23.1 Å². The van der Waals surface area contributed by atoms with E-state index in [2.05, 4.69) is 10.6 Å². The molecule has 0 fully saturated rings. The topological polar surface area (TPSA) is 148 Å². The van der Waals surface area contributed by atoms with Crippen molar-refractivity contribution in [3.8, 4) is 0 Å². The summed E-state index contributed by atoms with van der Waals surface area (Å²) in [6, 6.07) is 4.85. The van der Waals surface area contributed by atoms with E-state index < -0.39 is 35.9 Å². The van der Waals surface area contributed by atoms with Crippen LogP contribution in [-0.4, -0.2) is 54.0 Å². The van der Waals surface area contributed by atoms with E-state index in [-0.39, 0.29) is 25.3 Å². The van der Waals surface area contributed by atoms with E-state index in [1.165, 1.54) is 13.8 Å². The van der Waals surface area contributed by atoms with Crippen LogP contribution in [0.25, 0.3) is 0 Å². The van der Waals surface area contributed by atoms with Crippen molar-refractivity contribution >= 4 is 29.2 Å². The molecule has 4 atom stereocenters. The molecule has 0 heterocycles. The minimum absolute atomic E-state index is 0.210. The Bertz CT molecular complexity index is 684. The number of hydrogen-bond donors (Lipinski definition) is 5. The van der Waals surface area contributed by atoms with Crippen LogP contribution >= 0.6 is 11.6 Å². The molecule has 1 aromatic rings. The first-order valence-corrected chi connectivity index (χ1v) is 9.54. The average Bonchev–Trinajstić information content (AvgIpc) is 2.63. The number of amides is 2. The predicted molar refractivity (Wildman–Crippen MR) is 108 cm³/mol. The minimum Gasteiger partial charge on any atom is -0.391 e. The van der Waals surface area contributed by atoms with Crippen molar-refractivity contribution in [1.82, 2.24) is 10.6 Å². The van der Waals surface area contributed by atoms with E-state index in [1.807, 2.05) is 0 Å². The van der Waals surface area contributed by atoms with Gasteiger partial charge in [-0.15, -0.1) is 0 Å². The van der Waals surface area contributed by atoms with Gasteiger partial charge in [-0.3, -0.25) is 14.4 Å². The van der Waals surface area contributed by atoms with E-state index in [1.54, 1.807) is 24.3 Å². The normalized spacial score (nSPS) is 15.2. The third kappa shape index (κ3) is 6.87. The van der Waals surface area contributed by atoms with Crippen LogP contribution in [0.15, 0.2) is 24.3 Å².